The Kier molecular flexibility index (Phi) is 6.45. The lowest BCUT2D eigenvalue weighted by atomic mass is 9.91. The number of piperidine rings is 1. The average Bonchev–Trinajstić information content (AvgIpc) is 3.19. The van der Waals surface area contributed by atoms with Crippen LogP contribution in [0.15, 0.2) is 0 Å². The monoisotopic (exact) mass is 298 g/mol. The first-order chi connectivity index (χ1) is 10.2. The quantitative estimate of drug-likeness (QED) is 0.652. The highest BCUT2D eigenvalue weighted by molar-refractivity contribution is 5.82. The van der Waals surface area contributed by atoms with Gasteiger partial charge in [-0.15, -0.1) is 0 Å². The number of carbonyl (C=O) groups is 1. The predicted octanol–water partition coefficient (Wildman–Crippen LogP) is 1.28. The standard InChI is InChI=1S/C16H30N2O3/c1-3-20-11-9-18(10-12-21-4-2)15(19)14-13-16(14)5-7-17-8-6-16/h14,17H,3-13H2,1-2H3. The molecule has 1 atom stereocenters. The number of hydrogen-bond acceptors (Lipinski definition) is 4. The van der Waals surface area contributed by atoms with E-state index in [1.54, 1.807) is 0 Å². The fourth-order valence-electron chi connectivity index (χ4n) is 3.36. The molecule has 0 aromatic carbocycles. The third kappa shape index (κ3) is 4.41. The highest BCUT2D eigenvalue weighted by Crippen LogP contribution is 2.59. The Morgan fingerprint density at radius 1 is 1.14 bits per heavy atom. The summed E-state index contributed by atoms with van der Waals surface area (Å²) in [5.74, 6) is 0.555. The third-order valence-corrected chi connectivity index (χ3v) is 4.82. The molecular weight excluding hydrogens is 268 g/mol. The molecule has 1 amide bonds. The molecule has 2 rings (SSSR count). The summed E-state index contributed by atoms with van der Waals surface area (Å²) in [4.78, 5) is 14.7. The second kappa shape index (κ2) is 8.11. The first-order valence-electron chi connectivity index (χ1n) is 8.38. The van der Waals surface area contributed by atoms with Crippen LogP contribution in [0.2, 0.25) is 0 Å². The second-order valence-electron chi connectivity index (χ2n) is 6.09. The van der Waals surface area contributed by atoms with Crippen LogP contribution in [-0.4, -0.2) is 63.4 Å². The molecular formula is C16H30N2O3. The summed E-state index contributed by atoms with van der Waals surface area (Å²) in [6.45, 7) is 10.1. The minimum absolute atomic E-state index is 0.239. The molecule has 1 heterocycles. The van der Waals surface area contributed by atoms with E-state index in [1.165, 1.54) is 0 Å². The van der Waals surface area contributed by atoms with Crippen LogP contribution in [0, 0.1) is 11.3 Å². The molecule has 0 aromatic heterocycles. The molecule has 1 spiro atoms. The lowest BCUT2D eigenvalue weighted by Crippen LogP contribution is -2.40. The van der Waals surface area contributed by atoms with Gasteiger partial charge in [0.05, 0.1) is 13.2 Å². The van der Waals surface area contributed by atoms with Gasteiger partial charge < -0.3 is 19.7 Å². The minimum Gasteiger partial charge on any atom is -0.380 e. The fraction of sp³-hybridized carbons (Fsp3) is 0.938. The minimum atomic E-state index is 0.239. The van der Waals surface area contributed by atoms with Crippen LogP contribution >= 0.6 is 0 Å². The molecule has 2 fully saturated rings. The van der Waals surface area contributed by atoms with Gasteiger partial charge in [0.15, 0.2) is 0 Å². The van der Waals surface area contributed by atoms with E-state index in [9.17, 15) is 4.79 Å². The topological polar surface area (TPSA) is 50.8 Å². The molecule has 1 aliphatic heterocycles. The molecule has 1 unspecified atom stereocenters. The Labute approximate surface area is 128 Å². The zero-order chi connectivity index (χ0) is 15.1. The van der Waals surface area contributed by atoms with E-state index in [4.69, 9.17) is 9.47 Å². The number of rotatable bonds is 9. The molecule has 122 valence electrons. The van der Waals surface area contributed by atoms with E-state index in [-0.39, 0.29) is 5.92 Å². The SMILES string of the molecule is CCOCCN(CCOCC)C(=O)C1CC12CCNCC2. The van der Waals surface area contributed by atoms with Crippen molar-refractivity contribution in [2.75, 3.05) is 52.6 Å². The Bertz CT molecular complexity index is 319. The van der Waals surface area contributed by atoms with Crippen LogP contribution in [0.5, 0.6) is 0 Å². The Hall–Kier alpha value is -0.650. The van der Waals surface area contributed by atoms with Crippen LogP contribution in [-0.2, 0) is 14.3 Å². The normalized spacial score (nSPS) is 23.2. The summed E-state index contributed by atoms with van der Waals surface area (Å²) in [5.41, 5.74) is 0.303. The second-order valence-corrected chi connectivity index (χ2v) is 6.09. The van der Waals surface area contributed by atoms with Gasteiger partial charge in [-0.3, -0.25) is 4.79 Å². The molecule has 5 nitrogen and oxygen atoms in total. The molecule has 21 heavy (non-hydrogen) atoms. The van der Waals surface area contributed by atoms with Crippen LogP contribution in [0.4, 0.5) is 0 Å². The van der Waals surface area contributed by atoms with Gasteiger partial charge in [0, 0.05) is 32.2 Å². The van der Waals surface area contributed by atoms with Crippen molar-refractivity contribution in [3.8, 4) is 0 Å². The number of ether oxygens (including phenoxy) is 2. The highest BCUT2D eigenvalue weighted by Gasteiger charge is 2.58. The number of amides is 1. The van der Waals surface area contributed by atoms with Gasteiger partial charge in [0.1, 0.15) is 0 Å². The molecule has 0 aromatic rings. The Morgan fingerprint density at radius 2 is 1.71 bits per heavy atom. The van der Waals surface area contributed by atoms with Crippen molar-refractivity contribution >= 4 is 5.91 Å². The van der Waals surface area contributed by atoms with E-state index in [0.717, 1.165) is 32.4 Å². The first kappa shape index (κ1) is 16.7. The maximum Gasteiger partial charge on any atom is 0.226 e. The lowest BCUT2D eigenvalue weighted by molar-refractivity contribution is -0.135. The number of carbonyl (C=O) groups excluding carboxylic acids is 1. The van der Waals surface area contributed by atoms with Gasteiger partial charge in [-0.05, 0) is 51.6 Å². The fourth-order valence-corrected chi connectivity index (χ4v) is 3.36. The van der Waals surface area contributed by atoms with Gasteiger partial charge in [0.25, 0.3) is 0 Å². The molecule has 0 bridgehead atoms. The van der Waals surface area contributed by atoms with E-state index in [0.29, 0.717) is 50.8 Å². The molecule has 1 N–H and O–H groups in total. The van der Waals surface area contributed by atoms with E-state index < -0.39 is 0 Å². The smallest absolute Gasteiger partial charge is 0.226 e. The van der Waals surface area contributed by atoms with Crippen molar-refractivity contribution in [1.82, 2.24) is 10.2 Å². The molecule has 1 saturated carbocycles. The Morgan fingerprint density at radius 3 is 2.24 bits per heavy atom. The van der Waals surface area contributed by atoms with E-state index >= 15 is 0 Å². The number of hydrogen-bond donors (Lipinski definition) is 1. The zero-order valence-corrected chi connectivity index (χ0v) is 13.5. The molecule has 5 heteroatoms. The molecule has 2 aliphatic rings. The molecule has 0 radical (unpaired) electrons. The van der Waals surface area contributed by atoms with Crippen molar-refractivity contribution in [2.24, 2.45) is 11.3 Å². The van der Waals surface area contributed by atoms with E-state index in [2.05, 4.69) is 5.32 Å². The Balaban J connectivity index is 1.84. The molecule has 1 aliphatic carbocycles. The third-order valence-electron chi connectivity index (χ3n) is 4.82. The summed E-state index contributed by atoms with van der Waals surface area (Å²) >= 11 is 0. The first-order valence-corrected chi connectivity index (χ1v) is 8.38. The van der Waals surface area contributed by atoms with Crippen molar-refractivity contribution in [2.45, 2.75) is 33.1 Å². The van der Waals surface area contributed by atoms with Crippen LogP contribution < -0.4 is 5.32 Å². The summed E-state index contributed by atoms with van der Waals surface area (Å²) in [5, 5.41) is 3.39. The lowest BCUT2D eigenvalue weighted by Gasteiger charge is -2.27. The van der Waals surface area contributed by atoms with Crippen LogP contribution in [0.3, 0.4) is 0 Å². The summed E-state index contributed by atoms with van der Waals surface area (Å²) in [6.07, 6.45) is 3.37. The van der Waals surface area contributed by atoms with Gasteiger partial charge in [-0.1, -0.05) is 0 Å². The number of nitrogens with one attached hydrogen (secondary N) is 1. The maximum atomic E-state index is 12.8. The van der Waals surface area contributed by atoms with Crippen molar-refractivity contribution in [3.05, 3.63) is 0 Å². The van der Waals surface area contributed by atoms with Gasteiger partial charge >= 0.3 is 0 Å². The summed E-state index contributed by atoms with van der Waals surface area (Å²) in [6, 6.07) is 0. The average molecular weight is 298 g/mol. The largest absolute Gasteiger partial charge is 0.380 e. The summed E-state index contributed by atoms with van der Waals surface area (Å²) in [7, 11) is 0. The van der Waals surface area contributed by atoms with Crippen molar-refractivity contribution < 1.29 is 14.3 Å². The van der Waals surface area contributed by atoms with Crippen molar-refractivity contribution in [3.63, 3.8) is 0 Å². The van der Waals surface area contributed by atoms with Crippen LogP contribution in [0.1, 0.15) is 33.1 Å². The van der Waals surface area contributed by atoms with Crippen molar-refractivity contribution in [1.29, 1.82) is 0 Å². The highest BCUT2D eigenvalue weighted by atomic mass is 16.5. The van der Waals surface area contributed by atoms with Gasteiger partial charge in [0.2, 0.25) is 5.91 Å². The summed E-state index contributed by atoms with van der Waals surface area (Å²) < 4.78 is 10.8. The predicted molar refractivity (Wildman–Crippen MR) is 82.2 cm³/mol. The zero-order valence-electron chi connectivity index (χ0n) is 13.5. The van der Waals surface area contributed by atoms with Crippen LogP contribution in [0.25, 0.3) is 0 Å². The van der Waals surface area contributed by atoms with E-state index in [1.807, 2.05) is 18.7 Å². The molecule has 1 saturated heterocycles. The number of nitrogens with zero attached hydrogens (tertiary/aromatic N) is 1. The van der Waals surface area contributed by atoms with Gasteiger partial charge in [-0.2, -0.15) is 0 Å². The maximum absolute atomic E-state index is 12.8. The van der Waals surface area contributed by atoms with Gasteiger partial charge in [-0.25, -0.2) is 0 Å².